The lowest BCUT2D eigenvalue weighted by Crippen LogP contribution is -2.49. The number of likely N-dealkylation sites (tertiary alicyclic amines) is 1. The molecule has 0 N–H and O–H groups in total. The molecule has 1 amide bonds. The highest BCUT2D eigenvalue weighted by atomic mass is 16.5. The van der Waals surface area contributed by atoms with E-state index >= 15 is 0 Å². The van der Waals surface area contributed by atoms with Gasteiger partial charge in [-0.25, -0.2) is 0 Å². The summed E-state index contributed by atoms with van der Waals surface area (Å²) in [5, 5.41) is 9.32. The molecule has 110 valence electrons. The van der Waals surface area contributed by atoms with Crippen LogP contribution in [0.15, 0.2) is 0 Å². The highest BCUT2D eigenvalue weighted by molar-refractivity contribution is 5.86. The number of rotatable bonds is 2. The second-order valence-electron chi connectivity index (χ2n) is 6.45. The fourth-order valence-electron chi connectivity index (χ4n) is 3.71. The Morgan fingerprint density at radius 3 is 2.55 bits per heavy atom. The van der Waals surface area contributed by atoms with Crippen LogP contribution >= 0.6 is 0 Å². The zero-order chi connectivity index (χ0) is 14.2. The van der Waals surface area contributed by atoms with Crippen molar-refractivity contribution in [3.05, 3.63) is 0 Å². The fourth-order valence-corrected chi connectivity index (χ4v) is 3.71. The molecule has 3 fully saturated rings. The molecule has 0 unspecified atom stereocenters. The number of hydrogen-bond acceptors (Lipinski definition) is 4. The smallest absolute Gasteiger partial charge is 0.243 e. The first-order valence-electron chi connectivity index (χ1n) is 7.69. The Morgan fingerprint density at radius 1 is 1.30 bits per heavy atom. The lowest BCUT2D eigenvalue weighted by molar-refractivity contribution is -0.142. The second-order valence-corrected chi connectivity index (χ2v) is 6.45. The largest absolute Gasteiger partial charge is 0.379 e. The van der Waals surface area contributed by atoms with Gasteiger partial charge in [-0.3, -0.25) is 9.69 Å². The Morgan fingerprint density at radius 2 is 2.00 bits per heavy atom. The summed E-state index contributed by atoms with van der Waals surface area (Å²) in [6.45, 7) is 7.29. The summed E-state index contributed by atoms with van der Waals surface area (Å²) in [6.07, 6.45) is 2.50. The first-order chi connectivity index (χ1) is 9.66. The van der Waals surface area contributed by atoms with Crippen molar-refractivity contribution in [2.75, 3.05) is 39.4 Å². The van der Waals surface area contributed by atoms with Crippen LogP contribution in [0.5, 0.6) is 0 Å². The Labute approximate surface area is 120 Å². The van der Waals surface area contributed by atoms with Crippen LogP contribution in [0.4, 0.5) is 0 Å². The molecule has 5 heteroatoms. The number of morpholine rings is 1. The van der Waals surface area contributed by atoms with E-state index in [2.05, 4.69) is 17.9 Å². The van der Waals surface area contributed by atoms with Gasteiger partial charge in [-0.2, -0.15) is 5.26 Å². The number of carbonyl (C=O) groups excluding carboxylic acids is 1. The third-order valence-electron chi connectivity index (χ3n) is 5.21. The SMILES string of the molecule is C[C@H]1CN(C(=O)C2(C#N)CCC2)C[C@@H]1N1CCOCC1. The average molecular weight is 277 g/mol. The zero-order valence-electron chi connectivity index (χ0n) is 12.2. The van der Waals surface area contributed by atoms with Crippen LogP contribution in [-0.4, -0.2) is 61.1 Å². The first-order valence-corrected chi connectivity index (χ1v) is 7.69. The van der Waals surface area contributed by atoms with Crippen molar-refractivity contribution in [2.45, 2.75) is 32.2 Å². The lowest BCUT2D eigenvalue weighted by atomic mass is 9.69. The topological polar surface area (TPSA) is 56.6 Å². The molecule has 0 spiro atoms. The van der Waals surface area contributed by atoms with Crippen LogP contribution in [0.3, 0.4) is 0 Å². The van der Waals surface area contributed by atoms with Crippen LogP contribution in [0.25, 0.3) is 0 Å². The molecular formula is C15H23N3O2. The molecule has 1 saturated carbocycles. The van der Waals surface area contributed by atoms with Gasteiger partial charge in [-0.15, -0.1) is 0 Å². The van der Waals surface area contributed by atoms with E-state index in [4.69, 9.17) is 4.74 Å². The fraction of sp³-hybridized carbons (Fsp3) is 0.867. The quantitative estimate of drug-likeness (QED) is 0.751. The molecule has 0 bridgehead atoms. The van der Waals surface area contributed by atoms with Gasteiger partial charge in [0, 0.05) is 32.2 Å². The molecule has 2 heterocycles. The average Bonchev–Trinajstić information content (AvgIpc) is 2.81. The summed E-state index contributed by atoms with van der Waals surface area (Å²) in [6, 6.07) is 2.71. The van der Waals surface area contributed by atoms with Crippen molar-refractivity contribution in [1.82, 2.24) is 9.80 Å². The minimum absolute atomic E-state index is 0.0776. The summed E-state index contributed by atoms with van der Waals surface area (Å²) in [5.74, 6) is 0.557. The third kappa shape index (κ3) is 2.21. The molecule has 1 aliphatic carbocycles. The maximum Gasteiger partial charge on any atom is 0.243 e. The molecule has 3 rings (SSSR count). The Hall–Kier alpha value is -1.12. The van der Waals surface area contributed by atoms with Crippen LogP contribution in [-0.2, 0) is 9.53 Å². The lowest BCUT2D eigenvalue weighted by Gasteiger charge is -2.37. The van der Waals surface area contributed by atoms with Gasteiger partial charge in [-0.1, -0.05) is 6.92 Å². The molecular weight excluding hydrogens is 254 g/mol. The zero-order valence-corrected chi connectivity index (χ0v) is 12.2. The summed E-state index contributed by atoms with van der Waals surface area (Å²) < 4.78 is 5.40. The number of hydrogen-bond donors (Lipinski definition) is 0. The maximum atomic E-state index is 12.6. The van der Waals surface area contributed by atoms with Crippen LogP contribution in [0.2, 0.25) is 0 Å². The van der Waals surface area contributed by atoms with Gasteiger partial charge >= 0.3 is 0 Å². The van der Waals surface area contributed by atoms with E-state index in [1.54, 1.807) is 0 Å². The van der Waals surface area contributed by atoms with Crippen molar-refractivity contribution in [3.63, 3.8) is 0 Å². The van der Waals surface area contributed by atoms with Crippen molar-refractivity contribution in [2.24, 2.45) is 11.3 Å². The van der Waals surface area contributed by atoms with Gasteiger partial charge in [0.05, 0.1) is 19.3 Å². The number of carbonyl (C=O) groups is 1. The standard InChI is InChI=1S/C15H23N3O2/c1-12-9-18(14(19)15(11-16)3-2-4-15)10-13(12)17-5-7-20-8-6-17/h12-13H,2-10H2,1H3/t12-,13-/m0/s1. The van der Waals surface area contributed by atoms with E-state index in [0.717, 1.165) is 58.7 Å². The van der Waals surface area contributed by atoms with Crippen LogP contribution < -0.4 is 0 Å². The van der Waals surface area contributed by atoms with E-state index < -0.39 is 5.41 Å². The summed E-state index contributed by atoms with van der Waals surface area (Å²) >= 11 is 0. The molecule has 2 atom stereocenters. The van der Waals surface area contributed by atoms with Gasteiger partial charge < -0.3 is 9.64 Å². The Balaban J connectivity index is 1.65. The summed E-state index contributed by atoms with van der Waals surface area (Å²) in [7, 11) is 0. The van der Waals surface area contributed by atoms with Gasteiger partial charge in [-0.05, 0) is 25.2 Å². The van der Waals surface area contributed by atoms with E-state index in [1.165, 1.54) is 0 Å². The van der Waals surface area contributed by atoms with Gasteiger partial charge in [0.15, 0.2) is 0 Å². The molecule has 0 aromatic carbocycles. The number of ether oxygens (including phenoxy) is 1. The third-order valence-corrected chi connectivity index (χ3v) is 5.21. The normalized spacial score (nSPS) is 33.5. The number of nitrogens with zero attached hydrogens (tertiary/aromatic N) is 3. The Bertz CT molecular complexity index is 421. The molecule has 20 heavy (non-hydrogen) atoms. The van der Waals surface area contributed by atoms with Crippen molar-refractivity contribution < 1.29 is 9.53 Å². The molecule has 0 aromatic rings. The van der Waals surface area contributed by atoms with E-state index in [-0.39, 0.29) is 5.91 Å². The highest BCUT2D eigenvalue weighted by Crippen LogP contribution is 2.43. The number of nitriles is 1. The van der Waals surface area contributed by atoms with Crippen molar-refractivity contribution in [3.8, 4) is 6.07 Å². The highest BCUT2D eigenvalue weighted by Gasteiger charge is 2.49. The van der Waals surface area contributed by atoms with Crippen LogP contribution in [0, 0.1) is 22.7 Å². The maximum absolute atomic E-state index is 12.6. The molecule has 2 saturated heterocycles. The van der Waals surface area contributed by atoms with E-state index in [0.29, 0.717) is 12.0 Å². The Kier molecular flexibility index (Phi) is 3.70. The van der Waals surface area contributed by atoms with E-state index in [1.807, 2.05) is 4.90 Å². The minimum atomic E-state index is -0.695. The van der Waals surface area contributed by atoms with Gasteiger partial charge in [0.1, 0.15) is 5.41 Å². The minimum Gasteiger partial charge on any atom is -0.379 e. The monoisotopic (exact) mass is 277 g/mol. The molecule has 0 aromatic heterocycles. The first kappa shape index (κ1) is 13.8. The second kappa shape index (κ2) is 5.34. The molecule has 2 aliphatic heterocycles. The predicted molar refractivity (Wildman–Crippen MR) is 73.8 cm³/mol. The van der Waals surface area contributed by atoms with E-state index in [9.17, 15) is 10.1 Å². The molecule has 0 radical (unpaired) electrons. The molecule has 3 aliphatic rings. The van der Waals surface area contributed by atoms with Crippen molar-refractivity contribution >= 4 is 5.91 Å². The van der Waals surface area contributed by atoms with Crippen LogP contribution in [0.1, 0.15) is 26.2 Å². The summed E-state index contributed by atoms with van der Waals surface area (Å²) in [5.41, 5.74) is -0.695. The molecule has 5 nitrogen and oxygen atoms in total. The van der Waals surface area contributed by atoms with Gasteiger partial charge in [0.25, 0.3) is 0 Å². The number of amides is 1. The van der Waals surface area contributed by atoms with Crippen molar-refractivity contribution in [1.29, 1.82) is 5.26 Å². The van der Waals surface area contributed by atoms with Gasteiger partial charge in [0.2, 0.25) is 5.91 Å². The predicted octanol–water partition coefficient (Wildman–Crippen LogP) is 0.859. The summed E-state index contributed by atoms with van der Waals surface area (Å²) in [4.78, 5) is 17.0.